The number of nitrogens with one attached hydrogen (secondary N) is 3. The maximum atomic E-state index is 11.9. The first-order valence-electron chi connectivity index (χ1n) is 9.20. The third-order valence-corrected chi connectivity index (χ3v) is 5.06. The van der Waals surface area contributed by atoms with Crippen molar-refractivity contribution in [3.63, 3.8) is 0 Å². The lowest BCUT2D eigenvalue weighted by Crippen LogP contribution is -2.53. The number of ether oxygens (including phenoxy) is 2. The molecule has 0 spiro atoms. The molecule has 26 heavy (non-hydrogen) atoms. The number of carbonyl (C=O) groups is 1. The molecular weight excluding hydrogens is 350 g/mol. The van der Waals surface area contributed by atoms with Crippen molar-refractivity contribution in [2.75, 3.05) is 13.2 Å². The van der Waals surface area contributed by atoms with Gasteiger partial charge in [0.05, 0.1) is 6.61 Å². The lowest BCUT2D eigenvalue weighted by atomic mass is 9.78. The number of hydrogen-bond acceptors (Lipinski definition) is 4. The molecule has 1 aromatic rings. The van der Waals surface area contributed by atoms with Crippen LogP contribution in [0.1, 0.15) is 40.0 Å². The van der Waals surface area contributed by atoms with Crippen molar-refractivity contribution in [3.8, 4) is 11.5 Å². The first kappa shape index (κ1) is 20.3. The van der Waals surface area contributed by atoms with E-state index in [9.17, 15) is 4.79 Å². The summed E-state index contributed by atoms with van der Waals surface area (Å²) in [5, 5.41) is 3.73. The fraction of sp³-hybridized carbons (Fsp3) is 0.579. The van der Waals surface area contributed by atoms with Gasteiger partial charge in [0, 0.05) is 6.04 Å². The highest BCUT2D eigenvalue weighted by molar-refractivity contribution is 7.80. The number of amides is 1. The summed E-state index contributed by atoms with van der Waals surface area (Å²) in [5.41, 5.74) is 5.31. The van der Waals surface area contributed by atoms with Crippen LogP contribution in [0.2, 0.25) is 0 Å². The predicted molar refractivity (Wildman–Crippen MR) is 106 cm³/mol. The Hall–Kier alpha value is -2.02. The van der Waals surface area contributed by atoms with Crippen LogP contribution >= 0.6 is 12.2 Å². The minimum absolute atomic E-state index is 0.0968. The summed E-state index contributed by atoms with van der Waals surface area (Å²) >= 11 is 5.27. The smallest absolute Gasteiger partial charge is 0.276 e. The van der Waals surface area contributed by atoms with Gasteiger partial charge >= 0.3 is 0 Å². The normalized spacial score (nSPS) is 22.2. The maximum absolute atomic E-state index is 11.9. The zero-order valence-corrected chi connectivity index (χ0v) is 16.5. The van der Waals surface area contributed by atoms with Gasteiger partial charge in [-0.15, -0.1) is 0 Å². The van der Waals surface area contributed by atoms with E-state index < -0.39 is 0 Å². The van der Waals surface area contributed by atoms with Crippen molar-refractivity contribution in [3.05, 3.63) is 24.3 Å². The highest BCUT2D eigenvalue weighted by Gasteiger charge is 2.27. The predicted octanol–water partition coefficient (Wildman–Crippen LogP) is 2.78. The van der Waals surface area contributed by atoms with E-state index >= 15 is 0 Å². The topological polar surface area (TPSA) is 71.6 Å². The van der Waals surface area contributed by atoms with Gasteiger partial charge < -0.3 is 14.8 Å². The number of hydrogen-bond donors (Lipinski definition) is 3. The molecule has 2 rings (SSSR count). The zero-order valence-electron chi connectivity index (χ0n) is 15.7. The third-order valence-electron chi connectivity index (χ3n) is 4.84. The first-order chi connectivity index (χ1) is 12.5. The van der Waals surface area contributed by atoms with E-state index in [4.69, 9.17) is 21.7 Å². The van der Waals surface area contributed by atoms with Crippen LogP contribution in [-0.4, -0.2) is 30.3 Å². The molecule has 144 valence electrons. The molecule has 0 heterocycles. The van der Waals surface area contributed by atoms with Crippen LogP contribution in [0.4, 0.5) is 0 Å². The van der Waals surface area contributed by atoms with Crippen molar-refractivity contribution in [1.82, 2.24) is 16.2 Å². The van der Waals surface area contributed by atoms with Gasteiger partial charge in [-0.1, -0.05) is 26.7 Å². The summed E-state index contributed by atoms with van der Waals surface area (Å²) in [7, 11) is 0. The van der Waals surface area contributed by atoms with E-state index in [1.807, 2.05) is 6.92 Å². The van der Waals surface area contributed by atoms with Crippen LogP contribution in [-0.2, 0) is 4.79 Å². The van der Waals surface area contributed by atoms with Crippen molar-refractivity contribution in [1.29, 1.82) is 0 Å². The second-order valence-corrected chi connectivity index (χ2v) is 7.12. The van der Waals surface area contributed by atoms with Crippen molar-refractivity contribution in [2.45, 2.75) is 46.1 Å². The highest BCUT2D eigenvalue weighted by Crippen LogP contribution is 2.29. The molecule has 0 radical (unpaired) electrons. The number of hydrazine groups is 1. The van der Waals surface area contributed by atoms with Gasteiger partial charge in [0.1, 0.15) is 11.5 Å². The number of benzene rings is 1. The third kappa shape index (κ3) is 6.37. The lowest BCUT2D eigenvalue weighted by molar-refractivity contribution is -0.123. The molecule has 1 aliphatic carbocycles. The zero-order chi connectivity index (χ0) is 18.9. The molecule has 7 heteroatoms. The van der Waals surface area contributed by atoms with Gasteiger partial charge in [0.15, 0.2) is 11.7 Å². The second kappa shape index (κ2) is 10.2. The Balaban J connectivity index is 1.67. The van der Waals surface area contributed by atoms with Crippen LogP contribution in [0, 0.1) is 11.8 Å². The SMILES string of the molecule is CCOc1ccc(OCC(=O)NNC(=S)N[C@@H]2CCC[C@@H](C)[C@@H]2C)cc1. The Morgan fingerprint density at radius 1 is 1.12 bits per heavy atom. The molecule has 0 aromatic heterocycles. The van der Waals surface area contributed by atoms with Gasteiger partial charge in [-0.25, -0.2) is 0 Å². The number of thiocarbonyl (C=S) groups is 1. The number of rotatable bonds is 6. The van der Waals surface area contributed by atoms with E-state index in [0.29, 0.717) is 35.3 Å². The van der Waals surface area contributed by atoms with Gasteiger partial charge in [0.2, 0.25) is 0 Å². The molecule has 0 saturated heterocycles. The molecule has 0 bridgehead atoms. The lowest BCUT2D eigenvalue weighted by Gasteiger charge is -2.35. The van der Waals surface area contributed by atoms with Crippen LogP contribution in [0.3, 0.4) is 0 Å². The molecule has 3 N–H and O–H groups in total. The second-order valence-electron chi connectivity index (χ2n) is 6.71. The molecule has 0 unspecified atom stereocenters. The average molecular weight is 380 g/mol. The molecule has 1 saturated carbocycles. The fourth-order valence-electron chi connectivity index (χ4n) is 3.10. The molecule has 3 atom stereocenters. The molecule has 1 aromatic carbocycles. The molecule has 1 fully saturated rings. The standard InChI is InChI=1S/C19H29N3O3S/c1-4-24-15-8-10-16(11-9-15)25-12-18(23)21-22-19(26)20-17-7-5-6-13(2)14(17)3/h8-11,13-14,17H,4-7,12H2,1-3H3,(H,21,23)(H2,20,22,26)/t13-,14+,17-/m1/s1. The van der Waals surface area contributed by atoms with E-state index in [0.717, 1.165) is 12.2 Å². The minimum atomic E-state index is -0.298. The van der Waals surface area contributed by atoms with Crippen LogP contribution < -0.4 is 25.6 Å². The minimum Gasteiger partial charge on any atom is -0.494 e. The quantitative estimate of drug-likeness (QED) is 0.521. The number of carbonyl (C=O) groups excluding carboxylic acids is 1. The molecular formula is C19H29N3O3S. The van der Waals surface area contributed by atoms with Gasteiger partial charge in [-0.05, 0) is 61.7 Å². The summed E-state index contributed by atoms with van der Waals surface area (Å²) in [6.45, 7) is 6.96. The highest BCUT2D eigenvalue weighted by atomic mass is 32.1. The summed E-state index contributed by atoms with van der Waals surface area (Å²) in [6, 6.07) is 7.49. The Morgan fingerprint density at radius 3 is 2.42 bits per heavy atom. The fourth-order valence-corrected chi connectivity index (χ4v) is 3.30. The Morgan fingerprint density at radius 2 is 1.77 bits per heavy atom. The van der Waals surface area contributed by atoms with Crippen molar-refractivity contribution in [2.24, 2.45) is 11.8 Å². The summed E-state index contributed by atoms with van der Waals surface area (Å²) in [6.07, 6.45) is 3.56. The van der Waals surface area contributed by atoms with E-state index in [-0.39, 0.29) is 12.5 Å². The van der Waals surface area contributed by atoms with E-state index in [2.05, 4.69) is 30.0 Å². The monoisotopic (exact) mass is 379 g/mol. The Kier molecular flexibility index (Phi) is 7.97. The summed E-state index contributed by atoms with van der Waals surface area (Å²) < 4.78 is 10.8. The van der Waals surface area contributed by atoms with Gasteiger partial charge in [-0.3, -0.25) is 15.6 Å². The maximum Gasteiger partial charge on any atom is 0.276 e. The van der Waals surface area contributed by atoms with Crippen LogP contribution in [0.5, 0.6) is 11.5 Å². The van der Waals surface area contributed by atoms with Gasteiger partial charge in [-0.2, -0.15) is 0 Å². The van der Waals surface area contributed by atoms with Crippen molar-refractivity contribution < 1.29 is 14.3 Å². The summed E-state index contributed by atoms with van der Waals surface area (Å²) in [5.74, 6) is 2.32. The molecule has 0 aliphatic heterocycles. The average Bonchev–Trinajstić information content (AvgIpc) is 2.63. The largest absolute Gasteiger partial charge is 0.494 e. The Labute approximate surface area is 161 Å². The van der Waals surface area contributed by atoms with Crippen LogP contribution in [0.25, 0.3) is 0 Å². The molecule has 1 aliphatic rings. The van der Waals surface area contributed by atoms with Crippen molar-refractivity contribution >= 4 is 23.2 Å². The van der Waals surface area contributed by atoms with E-state index in [1.54, 1.807) is 24.3 Å². The molecule has 1 amide bonds. The summed E-state index contributed by atoms with van der Waals surface area (Å²) in [4.78, 5) is 11.9. The van der Waals surface area contributed by atoms with E-state index in [1.165, 1.54) is 12.8 Å². The van der Waals surface area contributed by atoms with Crippen LogP contribution in [0.15, 0.2) is 24.3 Å². The first-order valence-corrected chi connectivity index (χ1v) is 9.61. The Bertz CT molecular complexity index is 594. The molecule has 6 nitrogen and oxygen atoms in total. The van der Waals surface area contributed by atoms with Gasteiger partial charge in [0.25, 0.3) is 5.91 Å².